The Hall–Kier alpha value is -3.59. The third-order valence-corrected chi connectivity index (χ3v) is 5.13. The van der Waals surface area contributed by atoms with Crippen LogP contribution in [0.3, 0.4) is 0 Å². The second-order valence-electron chi connectivity index (χ2n) is 7.09. The number of fused-ring (bicyclic) bond motifs is 1. The minimum Gasteiger partial charge on any atom is -0.383 e. The first-order chi connectivity index (χ1) is 14.6. The van der Waals surface area contributed by atoms with Gasteiger partial charge in [-0.15, -0.1) is 5.10 Å². The van der Waals surface area contributed by atoms with Gasteiger partial charge in [-0.3, -0.25) is 0 Å². The second kappa shape index (κ2) is 7.34. The number of benzene rings is 2. The van der Waals surface area contributed by atoms with Crippen LogP contribution in [-0.4, -0.2) is 45.9 Å². The lowest BCUT2D eigenvalue weighted by Crippen LogP contribution is -2.44. The Balaban J connectivity index is 1.74. The lowest BCUT2D eigenvalue weighted by Gasteiger charge is -2.27. The number of nitrogens with two attached hydrogens (primary N) is 1. The van der Waals surface area contributed by atoms with Crippen LogP contribution >= 0.6 is 0 Å². The molecule has 0 radical (unpaired) electrons. The molecule has 4 aromatic rings. The molecular formula is C21H19F2N7. The van der Waals surface area contributed by atoms with Gasteiger partial charge in [0.25, 0.3) is 0 Å². The van der Waals surface area contributed by atoms with Crippen molar-refractivity contribution in [3.8, 4) is 16.9 Å². The maximum absolute atomic E-state index is 13.8. The number of piperazine rings is 1. The molecule has 1 saturated heterocycles. The van der Waals surface area contributed by atoms with E-state index in [1.807, 2.05) is 0 Å². The van der Waals surface area contributed by atoms with Crippen LogP contribution in [0.2, 0.25) is 0 Å². The fourth-order valence-corrected chi connectivity index (χ4v) is 3.63. The molecule has 7 nitrogen and oxygen atoms in total. The van der Waals surface area contributed by atoms with E-state index in [1.54, 1.807) is 24.3 Å². The highest BCUT2D eigenvalue weighted by molar-refractivity contribution is 5.99. The van der Waals surface area contributed by atoms with Crippen LogP contribution in [0.5, 0.6) is 0 Å². The van der Waals surface area contributed by atoms with Crippen molar-refractivity contribution < 1.29 is 8.78 Å². The van der Waals surface area contributed by atoms with Crippen molar-refractivity contribution in [2.24, 2.45) is 0 Å². The summed E-state index contributed by atoms with van der Waals surface area (Å²) in [6, 6.07) is 12.1. The highest BCUT2D eigenvalue weighted by Gasteiger charge is 2.22. The van der Waals surface area contributed by atoms with Gasteiger partial charge in [0, 0.05) is 31.7 Å². The summed E-state index contributed by atoms with van der Waals surface area (Å²) in [5.74, 6) is 0.0987. The van der Waals surface area contributed by atoms with E-state index in [2.05, 4.69) is 20.3 Å². The minimum absolute atomic E-state index is 0.293. The molecule has 0 unspecified atom stereocenters. The zero-order chi connectivity index (χ0) is 20.7. The predicted molar refractivity (Wildman–Crippen MR) is 112 cm³/mol. The summed E-state index contributed by atoms with van der Waals surface area (Å²) in [4.78, 5) is 11.5. The smallest absolute Gasteiger partial charge is 0.228 e. The summed E-state index contributed by atoms with van der Waals surface area (Å²) >= 11 is 0. The van der Waals surface area contributed by atoms with E-state index in [1.165, 1.54) is 28.9 Å². The number of nitrogens with zero attached hydrogens (tertiary/aromatic N) is 5. The Morgan fingerprint density at radius 3 is 2.43 bits per heavy atom. The summed E-state index contributed by atoms with van der Waals surface area (Å²) in [6.45, 7) is 3.17. The molecule has 3 N–H and O–H groups in total. The molecule has 5 rings (SSSR count). The molecule has 30 heavy (non-hydrogen) atoms. The maximum atomic E-state index is 13.8. The van der Waals surface area contributed by atoms with Crippen LogP contribution in [0.25, 0.3) is 28.0 Å². The normalized spacial score (nSPS) is 14.4. The van der Waals surface area contributed by atoms with E-state index in [0.29, 0.717) is 39.7 Å². The highest BCUT2D eigenvalue weighted by Crippen LogP contribution is 2.33. The molecule has 9 heteroatoms. The van der Waals surface area contributed by atoms with Crippen LogP contribution in [0, 0.1) is 11.6 Å². The highest BCUT2D eigenvalue weighted by atomic mass is 19.1. The summed E-state index contributed by atoms with van der Waals surface area (Å²) in [5.41, 5.74) is 8.57. The molecule has 0 atom stereocenters. The first-order valence-corrected chi connectivity index (χ1v) is 9.64. The number of rotatable bonds is 3. The Bertz CT molecular complexity index is 1210. The maximum Gasteiger partial charge on any atom is 0.228 e. The molecule has 2 aromatic heterocycles. The third kappa shape index (κ3) is 3.22. The summed E-state index contributed by atoms with van der Waals surface area (Å²) in [7, 11) is 0. The largest absolute Gasteiger partial charge is 0.383 e. The molecule has 0 spiro atoms. The quantitative estimate of drug-likeness (QED) is 0.543. The third-order valence-electron chi connectivity index (χ3n) is 5.13. The Morgan fingerprint density at radius 2 is 1.70 bits per heavy atom. The molecular weight excluding hydrogens is 388 g/mol. The van der Waals surface area contributed by atoms with Gasteiger partial charge in [-0.1, -0.05) is 6.07 Å². The van der Waals surface area contributed by atoms with Gasteiger partial charge in [-0.25, -0.2) is 18.4 Å². The van der Waals surface area contributed by atoms with Crippen molar-refractivity contribution in [3.05, 3.63) is 60.2 Å². The average Bonchev–Trinajstić information content (AvgIpc) is 3.11. The summed E-state index contributed by atoms with van der Waals surface area (Å²) < 4.78 is 28.7. The standard InChI is InChI=1S/C21H19F2N7/c22-14-6-4-13(5-7-14)18-17-19(24)30(16-3-1-2-15(23)12-16)28-20(17)27-21(26-18)29-10-8-25-9-11-29/h1-7,12,25H,8-11,24H2. The van der Waals surface area contributed by atoms with Gasteiger partial charge < -0.3 is 16.0 Å². The van der Waals surface area contributed by atoms with Gasteiger partial charge in [-0.05, 0) is 42.5 Å². The molecule has 0 saturated carbocycles. The Labute approximate surface area is 171 Å². The number of hydrogen-bond donors (Lipinski definition) is 2. The first-order valence-electron chi connectivity index (χ1n) is 9.64. The van der Waals surface area contributed by atoms with Crippen molar-refractivity contribution in [1.82, 2.24) is 25.1 Å². The molecule has 1 aliphatic rings. The summed E-state index contributed by atoms with van der Waals surface area (Å²) in [5, 5.41) is 8.39. The van der Waals surface area contributed by atoms with Gasteiger partial charge in [-0.2, -0.15) is 4.98 Å². The Morgan fingerprint density at radius 1 is 0.933 bits per heavy atom. The molecule has 152 valence electrons. The molecule has 0 amide bonds. The number of anilines is 2. The van der Waals surface area contributed by atoms with E-state index < -0.39 is 5.82 Å². The Kier molecular flexibility index (Phi) is 4.51. The lowest BCUT2D eigenvalue weighted by molar-refractivity contribution is 0.580. The van der Waals surface area contributed by atoms with E-state index in [9.17, 15) is 8.78 Å². The lowest BCUT2D eigenvalue weighted by atomic mass is 10.1. The second-order valence-corrected chi connectivity index (χ2v) is 7.09. The topological polar surface area (TPSA) is 84.9 Å². The first kappa shape index (κ1) is 18.4. The monoisotopic (exact) mass is 407 g/mol. The van der Waals surface area contributed by atoms with E-state index in [0.717, 1.165) is 26.2 Å². The van der Waals surface area contributed by atoms with Gasteiger partial charge >= 0.3 is 0 Å². The zero-order valence-electron chi connectivity index (χ0n) is 16.0. The van der Waals surface area contributed by atoms with E-state index >= 15 is 0 Å². The summed E-state index contributed by atoms with van der Waals surface area (Å²) in [6.07, 6.45) is 0. The van der Waals surface area contributed by atoms with Gasteiger partial charge in [0.05, 0.1) is 16.8 Å². The van der Waals surface area contributed by atoms with Crippen molar-refractivity contribution in [2.45, 2.75) is 0 Å². The van der Waals surface area contributed by atoms with E-state index in [-0.39, 0.29) is 5.82 Å². The average molecular weight is 407 g/mol. The molecule has 2 aromatic carbocycles. The number of halogens is 2. The van der Waals surface area contributed by atoms with Crippen LogP contribution in [0.4, 0.5) is 20.5 Å². The number of nitrogens with one attached hydrogen (secondary N) is 1. The van der Waals surface area contributed by atoms with Gasteiger partial charge in [0.15, 0.2) is 5.65 Å². The number of hydrogen-bond acceptors (Lipinski definition) is 6. The van der Waals surface area contributed by atoms with Crippen molar-refractivity contribution in [2.75, 3.05) is 36.8 Å². The van der Waals surface area contributed by atoms with Crippen LogP contribution < -0.4 is 16.0 Å². The van der Waals surface area contributed by atoms with Crippen LogP contribution in [-0.2, 0) is 0 Å². The molecule has 1 aliphatic heterocycles. The zero-order valence-corrected chi connectivity index (χ0v) is 16.0. The molecule has 0 aliphatic carbocycles. The van der Waals surface area contributed by atoms with Gasteiger partial charge in [0.2, 0.25) is 5.95 Å². The van der Waals surface area contributed by atoms with Crippen molar-refractivity contribution in [3.63, 3.8) is 0 Å². The molecule has 3 heterocycles. The molecule has 1 fully saturated rings. The van der Waals surface area contributed by atoms with Crippen molar-refractivity contribution >= 4 is 22.8 Å². The van der Waals surface area contributed by atoms with Crippen molar-refractivity contribution in [1.29, 1.82) is 0 Å². The fraction of sp³-hybridized carbons (Fsp3) is 0.190. The number of nitrogen functional groups attached to an aromatic ring is 1. The van der Waals surface area contributed by atoms with Crippen LogP contribution in [0.1, 0.15) is 0 Å². The molecule has 0 bridgehead atoms. The van der Waals surface area contributed by atoms with Gasteiger partial charge in [0.1, 0.15) is 17.5 Å². The van der Waals surface area contributed by atoms with Crippen LogP contribution in [0.15, 0.2) is 48.5 Å². The fourth-order valence-electron chi connectivity index (χ4n) is 3.63. The van der Waals surface area contributed by atoms with E-state index in [4.69, 9.17) is 10.7 Å². The predicted octanol–water partition coefficient (Wildman–Crippen LogP) is 2.75. The number of aromatic nitrogens is 4. The minimum atomic E-state index is -0.391. The SMILES string of the molecule is Nc1c2c(-c3ccc(F)cc3)nc(N3CCNCC3)nc2nn1-c1cccc(F)c1.